The summed E-state index contributed by atoms with van der Waals surface area (Å²) in [5, 5.41) is 5.71. The lowest BCUT2D eigenvalue weighted by molar-refractivity contribution is 0.0775. The first-order chi connectivity index (χ1) is 9.60. The van der Waals surface area contributed by atoms with E-state index in [-0.39, 0.29) is 5.91 Å². The van der Waals surface area contributed by atoms with Crippen LogP contribution in [0, 0.1) is 18.8 Å². The number of carbonyl (C=O) groups excluding carboxylic acids is 1. The van der Waals surface area contributed by atoms with Crippen molar-refractivity contribution in [3.05, 3.63) is 39.4 Å². The molecule has 2 aromatic heterocycles. The monoisotopic (exact) mass is 289 g/mol. The molecule has 0 saturated carbocycles. The predicted molar refractivity (Wildman–Crippen MR) is 77.3 cm³/mol. The molecule has 0 bridgehead atoms. The molecule has 104 valence electrons. The van der Waals surface area contributed by atoms with Crippen LogP contribution in [0.5, 0.6) is 0 Å². The number of hydrogen-bond acceptors (Lipinski definition) is 5. The molecular weight excluding hydrogens is 274 g/mol. The lowest BCUT2D eigenvalue weighted by Gasteiger charge is -2.14. The van der Waals surface area contributed by atoms with Gasteiger partial charge in [0.15, 0.2) is 5.69 Å². The van der Waals surface area contributed by atoms with Crippen LogP contribution < -0.4 is 5.73 Å². The molecule has 0 saturated heterocycles. The van der Waals surface area contributed by atoms with Gasteiger partial charge in [-0.15, -0.1) is 11.3 Å². The topological polar surface area (TPSA) is 72.4 Å². The lowest BCUT2D eigenvalue weighted by atomic mass is 10.2. The minimum atomic E-state index is -0.164. The summed E-state index contributed by atoms with van der Waals surface area (Å²) < 4.78 is 4.91. The molecule has 2 aromatic rings. The standard InChI is InChI=1S/C14H15N3O2S/c1-10-6-13(16-19-10)14(18)17(2)8-11-7-12(20-9-11)4-3-5-15/h6-7,9H,5,8,15H2,1-2H3. The molecule has 2 N–H and O–H groups in total. The highest BCUT2D eigenvalue weighted by Gasteiger charge is 2.16. The van der Waals surface area contributed by atoms with Crippen LogP contribution in [-0.4, -0.2) is 29.6 Å². The van der Waals surface area contributed by atoms with Gasteiger partial charge < -0.3 is 15.2 Å². The Hall–Kier alpha value is -2.10. The second-order valence-corrected chi connectivity index (χ2v) is 5.22. The fourth-order valence-corrected chi connectivity index (χ4v) is 2.44. The number of nitrogens with two attached hydrogens (primary N) is 1. The summed E-state index contributed by atoms with van der Waals surface area (Å²) in [5.41, 5.74) is 6.69. The van der Waals surface area contributed by atoms with Gasteiger partial charge in [-0.05, 0) is 23.9 Å². The van der Waals surface area contributed by atoms with E-state index in [0.29, 0.717) is 24.5 Å². The number of aromatic nitrogens is 1. The molecule has 0 spiro atoms. The number of amides is 1. The zero-order chi connectivity index (χ0) is 14.5. The van der Waals surface area contributed by atoms with Crippen LogP contribution >= 0.6 is 11.3 Å². The first kappa shape index (κ1) is 14.3. The summed E-state index contributed by atoms with van der Waals surface area (Å²) in [5.74, 6) is 6.24. The zero-order valence-corrected chi connectivity index (χ0v) is 12.2. The minimum Gasteiger partial charge on any atom is -0.361 e. The van der Waals surface area contributed by atoms with Gasteiger partial charge in [-0.1, -0.05) is 17.0 Å². The number of carbonyl (C=O) groups is 1. The maximum Gasteiger partial charge on any atom is 0.276 e. The van der Waals surface area contributed by atoms with Crippen molar-refractivity contribution in [3.8, 4) is 11.8 Å². The third kappa shape index (κ3) is 3.47. The van der Waals surface area contributed by atoms with Crippen molar-refractivity contribution in [2.24, 2.45) is 5.73 Å². The number of aryl methyl sites for hydroxylation is 1. The van der Waals surface area contributed by atoms with Crippen molar-refractivity contribution >= 4 is 17.2 Å². The first-order valence-corrected chi connectivity index (χ1v) is 6.93. The number of thiophene rings is 1. The van der Waals surface area contributed by atoms with Crippen molar-refractivity contribution in [1.82, 2.24) is 10.1 Å². The van der Waals surface area contributed by atoms with Crippen molar-refractivity contribution in [2.75, 3.05) is 13.6 Å². The number of hydrogen-bond donors (Lipinski definition) is 1. The van der Waals surface area contributed by atoms with Crippen LogP contribution in [0.2, 0.25) is 0 Å². The highest BCUT2D eigenvalue weighted by Crippen LogP contribution is 2.16. The molecule has 1 amide bonds. The van der Waals surface area contributed by atoms with Gasteiger partial charge in [-0.2, -0.15) is 0 Å². The SMILES string of the molecule is Cc1cc(C(=O)N(C)Cc2csc(C#CCN)c2)no1. The zero-order valence-electron chi connectivity index (χ0n) is 11.3. The Bertz CT molecular complexity index is 663. The first-order valence-electron chi connectivity index (χ1n) is 6.05. The Morgan fingerprint density at radius 3 is 3.00 bits per heavy atom. The Kier molecular flexibility index (Phi) is 4.56. The van der Waals surface area contributed by atoms with Crippen LogP contribution in [0.4, 0.5) is 0 Å². The van der Waals surface area contributed by atoms with Gasteiger partial charge in [0.25, 0.3) is 5.91 Å². The minimum absolute atomic E-state index is 0.164. The average Bonchev–Trinajstić information content (AvgIpc) is 3.04. The van der Waals surface area contributed by atoms with Crippen LogP contribution in [0.15, 0.2) is 22.0 Å². The quantitative estimate of drug-likeness (QED) is 0.872. The van der Waals surface area contributed by atoms with Crippen LogP contribution in [0.25, 0.3) is 0 Å². The molecule has 2 rings (SSSR count). The molecule has 6 heteroatoms. The predicted octanol–water partition coefficient (Wildman–Crippen LogP) is 1.63. The summed E-state index contributed by atoms with van der Waals surface area (Å²) in [6.07, 6.45) is 0. The molecule has 0 fully saturated rings. The highest BCUT2D eigenvalue weighted by molar-refractivity contribution is 7.10. The number of nitrogens with zero attached hydrogens (tertiary/aromatic N) is 2. The van der Waals surface area contributed by atoms with Gasteiger partial charge in [0.05, 0.1) is 11.4 Å². The third-order valence-corrected chi connectivity index (χ3v) is 3.48. The molecule has 0 aliphatic heterocycles. The molecular formula is C14H15N3O2S. The van der Waals surface area contributed by atoms with E-state index in [4.69, 9.17) is 10.3 Å². The fraction of sp³-hybridized carbons (Fsp3) is 0.286. The van der Waals surface area contributed by atoms with Crippen LogP contribution in [0.1, 0.15) is 26.7 Å². The third-order valence-electron chi connectivity index (χ3n) is 2.58. The largest absolute Gasteiger partial charge is 0.361 e. The molecule has 0 unspecified atom stereocenters. The van der Waals surface area contributed by atoms with Gasteiger partial charge in [0, 0.05) is 19.7 Å². The lowest BCUT2D eigenvalue weighted by Crippen LogP contribution is -2.26. The van der Waals surface area contributed by atoms with Gasteiger partial charge >= 0.3 is 0 Å². The van der Waals surface area contributed by atoms with Gasteiger partial charge in [-0.3, -0.25) is 4.79 Å². The average molecular weight is 289 g/mol. The van der Waals surface area contributed by atoms with E-state index in [1.165, 1.54) is 0 Å². The molecule has 0 aliphatic carbocycles. The van der Waals surface area contributed by atoms with E-state index in [9.17, 15) is 4.79 Å². The van der Waals surface area contributed by atoms with E-state index in [1.54, 1.807) is 36.3 Å². The van der Waals surface area contributed by atoms with E-state index >= 15 is 0 Å². The summed E-state index contributed by atoms with van der Waals surface area (Å²) in [4.78, 5) is 14.6. The Labute approximate surface area is 121 Å². The molecule has 5 nitrogen and oxygen atoms in total. The van der Waals surface area contributed by atoms with Gasteiger partial charge in [-0.25, -0.2) is 0 Å². The van der Waals surface area contributed by atoms with E-state index in [1.807, 2.05) is 11.4 Å². The van der Waals surface area contributed by atoms with Crippen molar-refractivity contribution < 1.29 is 9.32 Å². The Balaban J connectivity index is 2.02. The fourth-order valence-electron chi connectivity index (χ4n) is 1.67. The molecule has 0 radical (unpaired) electrons. The van der Waals surface area contributed by atoms with Gasteiger partial charge in [0.1, 0.15) is 5.76 Å². The Morgan fingerprint density at radius 2 is 2.35 bits per heavy atom. The summed E-state index contributed by atoms with van der Waals surface area (Å²) in [7, 11) is 1.73. The van der Waals surface area contributed by atoms with Crippen molar-refractivity contribution in [3.63, 3.8) is 0 Å². The summed E-state index contributed by atoms with van der Waals surface area (Å²) in [6.45, 7) is 2.60. The molecule has 0 aromatic carbocycles. The van der Waals surface area contributed by atoms with Gasteiger partial charge in [0.2, 0.25) is 0 Å². The van der Waals surface area contributed by atoms with E-state index in [0.717, 1.165) is 10.4 Å². The van der Waals surface area contributed by atoms with Crippen LogP contribution in [-0.2, 0) is 6.54 Å². The molecule has 0 atom stereocenters. The normalized spacial score (nSPS) is 9.95. The maximum atomic E-state index is 12.1. The number of rotatable bonds is 3. The molecule has 20 heavy (non-hydrogen) atoms. The van der Waals surface area contributed by atoms with Crippen molar-refractivity contribution in [1.29, 1.82) is 0 Å². The van der Waals surface area contributed by atoms with E-state index < -0.39 is 0 Å². The summed E-state index contributed by atoms with van der Waals surface area (Å²) in [6, 6.07) is 3.59. The van der Waals surface area contributed by atoms with E-state index in [2.05, 4.69) is 17.0 Å². The van der Waals surface area contributed by atoms with Crippen LogP contribution in [0.3, 0.4) is 0 Å². The van der Waals surface area contributed by atoms with Crippen molar-refractivity contribution in [2.45, 2.75) is 13.5 Å². The maximum absolute atomic E-state index is 12.1. The highest BCUT2D eigenvalue weighted by atomic mass is 32.1. The molecule has 2 heterocycles. The molecule has 0 aliphatic rings. The second-order valence-electron chi connectivity index (χ2n) is 4.31. The second kappa shape index (κ2) is 6.37. The smallest absolute Gasteiger partial charge is 0.276 e. The summed E-state index contributed by atoms with van der Waals surface area (Å²) >= 11 is 1.54. The Morgan fingerprint density at radius 1 is 1.55 bits per heavy atom.